The van der Waals surface area contributed by atoms with E-state index in [4.69, 9.17) is 4.74 Å². The highest BCUT2D eigenvalue weighted by Gasteiger charge is 2.30. The quantitative estimate of drug-likeness (QED) is 0.209. The van der Waals surface area contributed by atoms with Gasteiger partial charge in [0, 0.05) is 69.5 Å². The number of rotatable bonds is 10. The summed E-state index contributed by atoms with van der Waals surface area (Å²) in [6.07, 6.45) is 8.29. The molecule has 0 radical (unpaired) electrons. The largest absolute Gasteiger partial charge is 0.495 e. The van der Waals surface area contributed by atoms with Crippen molar-refractivity contribution in [2.24, 2.45) is 0 Å². The van der Waals surface area contributed by atoms with Crippen LogP contribution < -0.4 is 20.1 Å². The zero-order valence-electron chi connectivity index (χ0n) is 28.0. The molecule has 16 heteroatoms. The summed E-state index contributed by atoms with van der Waals surface area (Å²) in [5, 5.41) is 6.45. The fraction of sp³-hybridized carbons (Fsp3) is 0.424. The Morgan fingerprint density at radius 2 is 1.73 bits per heavy atom. The van der Waals surface area contributed by atoms with Crippen LogP contribution in [0.3, 0.4) is 0 Å². The number of carbonyl (C=O) groups excluding carboxylic acids is 1. The molecule has 0 bridgehead atoms. The number of hydrogen-bond donors (Lipinski definition) is 3. The molecule has 4 aromatic rings. The van der Waals surface area contributed by atoms with Gasteiger partial charge in [-0.3, -0.25) is 24.4 Å². The standard InChI is InChI=1S/C33H41BrN10O4S/c1-5-21-18-27(28(48-3)19-23(21)32(45)44-12-8-22(9-13-44)43-16-14-42(2)15-17-43)39-33-37-20-24(34)31(40-33)38-26-7-6-25-29(36-11-10-35-25)30(26)41-49(4,46)47/h6-7,10-11,18-20,22,41H,5,8-9,12-17H2,1-4H3,(H2,37,38,39,40). The van der Waals surface area contributed by atoms with Crippen molar-refractivity contribution >= 4 is 71.7 Å². The first-order valence-corrected chi connectivity index (χ1v) is 18.9. The van der Waals surface area contributed by atoms with Crippen LogP contribution in [0.4, 0.5) is 28.8 Å². The summed E-state index contributed by atoms with van der Waals surface area (Å²) in [6.45, 7) is 7.83. The molecule has 2 aliphatic rings. The van der Waals surface area contributed by atoms with Crippen molar-refractivity contribution in [3.05, 3.63) is 58.5 Å². The summed E-state index contributed by atoms with van der Waals surface area (Å²) in [7, 11) is 0.0921. The summed E-state index contributed by atoms with van der Waals surface area (Å²) in [6, 6.07) is 7.67. The maximum atomic E-state index is 13.8. The number of anilines is 5. The molecule has 0 aliphatic carbocycles. The van der Waals surface area contributed by atoms with Crippen LogP contribution in [0.25, 0.3) is 11.0 Å². The number of aromatic nitrogens is 4. The highest BCUT2D eigenvalue weighted by Crippen LogP contribution is 2.36. The van der Waals surface area contributed by atoms with Crippen molar-refractivity contribution in [1.82, 2.24) is 34.6 Å². The predicted molar refractivity (Wildman–Crippen MR) is 195 cm³/mol. The number of piperazine rings is 1. The van der Waals surface area contributed by atoms with Crippen LogP contribution in [0.15, 0.2) is 47.3 Å². The average molecular weight is 754 g/mol. The zero-order chi connectivity index (χ0) is 34.7. The van der Waals surface area contributed by atoms with Gasteiger partial charge in [-0.1, -0.05) is 6.92 Å². The van der Waals surface area contributed by atoms with Crippen LogP contribution in [-0.4, -0.2) is 115 Å². The Labute approximate surface area is 294 Å². The number of piperidine rings is 1. The van der Waals surface area contributed by atoms with E-state index in [1.54, 1.807) is 31.5 Å². The first-order chi connectivity index (χ1) is 23.5. The Hall–Kier alpha value is -4.12. The maximum Gasteiger partial charge on any atom is 0.254 e. The number of hydrogen-bond acceptors (Lipinski definition) is 12. The zero-order valence-corrected chi connectivity index (χ0v) is 30.4. The minimum Gasteiger partial charge on any atom is -0.495 e. The normalized spacial score (nSPS) is 16.5. The second-order valence-corrected chi connectivity index (χ2v) is 15.0. The number of aryl methyl sites for hydroxylation is 1. The molecule has 2 aliphatic heterocycles. The highest BCUT2D eigenvalue weighted by atomic mass is 79.9. The Bertz CT molecular complexity index is 1950. The molecule has 0 atom stereocenters. The SMILES string of the molecule is CCc1cc(Nc2ncc(Br)c(Nc3ccc4nccnc4c3NS(C)(=O)=O)n2)c(OC)cc1C(=O)N1CCC(N2CCN(C)CC2)CC1. The number of halogens is 1. The molecule has 260 valence electrons. The maximum absolute atomic E-state index is 13.8. The molecule has 0 unspecified atom stereocenters. The second kappa shape index (κ2) is 14.8. The molecular weight excluding hydrogens is 712 g/mol. The molecule has 1 amide bonds. The van der Waals surface area contributed by atoms with Crippen LogP contribution in [-0.2, 0) is 16.4 Å². The van der Waals surface area contributed by atoms with Gasteiger partial charge < -0.3 is 25.2 Å². The van der Waals surface area contributed by atoms with E-state index in [1.165, 1.54) is 12.4 Å². The van der Waals surface area contributed by atoms with Gasteiger partial charge in [0.25, 0.3) is 5.91 Å². The Morgan fingerprint density at radius 3 is 2.43 bits per heavy atom. The summed E-state index contributed by atoms with van der Waals surface area (Å²) in [5.74, 6) is 1.14. The lowest BCUT2D eigenvalue weighted by Crippen LogP contribution is -2.53. The van der Waals surface area contributed by atoms with E-state index in [1.807, 2.05) is 17.9 Å². The molecule has 2 aromatic heterocycles. The minimum atomic E-state index is -3.64. The lowest BCUT2D eigenvalue weighted by atomic mass is 9.98. The molecule has 6 rings (SSSR count). The van der Waals surface area contributed by atoms with E-state index >= 15 is 0 Å². The number of methoxy groups -OCH3 is 1. The van der Waals surface area contributed by atoms with E-state index in [0.29, 0.717) is 56.5 Å². The lowest BCUT2D eigenvalue weighted by molar-refractivity contribution is 0.0518. The number of ether oxygens (including phenoxy) is 1. The average Bonchev–Trinajstić information content (AvgIpc) is 3.10. The minimum absolute atomic E-state index is 0.0171. The van der Waals surface area contributed by atoms with Crippen LogP contribution >= 0.6 is 15.9 Å². The van der Waals surface area contributed by atoms with Gasteiger partial charge in [-0.15, -0.1) is 0 Å². The molecular formula is C33H41BrN10O4S. The van der Waals surface area contributed by atoms with Gasteiger partial charge in [0.15, 0.2) is 0 Å². The Balaban J connectivity index is 1.21. The summed E-state index contributed by atoms with van der Waals surface area (Å²) in [4.78, 5) is 38.5. The molecule has 0 spiro atoms. The summed E-state index contributed by atoms with van der Waals surface area (Å²) in [5.41, 5.74) is 3.70. The van der Waals surface area contributed by atoms with E-state index in [9.17, 15) is 13.2 Å². The number of carbonyl (C=O) groups is 1. The van der Waals surface area contributed by atoms with Crippen LogP contribution in [0, 0.1) is 0 Å². The smallest absolute Gasteiger partial charge is 0.254 e. The van der Waals surface area contributed by atoms with Crippen LogP contribution in [0.2, 0.25) is 0 Å². The van der Waals surface area contributed by atoms with Crippen molar-refractivity contribution < 1.29 is 17.9 Å². The van der Waals surface area contributed by atoms with Crippen LogP contribution in [0.1, 0.15) is 35.7 Å². The van der Waals surface area contributed by atoms with Crippen molar-refractivity contribution in [3.8, 4) is 5.75 Å². The molecule has 2 fully saturated rings. The number of nitrogens with one attached hydrogen (secondary N) is 3. The van der Waals surface area contributed by atoms with E-state index in [0.717, 1.165) is 63.9 Å². The fourth-order valence-electron chi connectivity index (χ4n) is 6.37. The number of sulfonamides is 1. The lowest BCUT2D eigenvalue weighted by Gasteiger charge is -2.42. The van der Waals surface area contributed by atoms with Crippen molar-refractivity contribution in [3.63, 3.8) is 0 Å². The summed E-state index contributed by atoms with van der Waals surface area (Å²) >= 11 is 3.50. The van der Waals surface area contributed by atoms with Gasteiger partial charge in [-0.25, -0.2) is 13.4 Å². The Kier molecular flexibility index (Phi) is 10.5. The molecule has 14 nitrogen and oxygen atoms in total. The number of likely N-dealkylation sites (N-methyl/N-ethyl adjacent to an activating group) is 1. The number of nitrogens with zero attached hydrogens (tertiary/aromatic N) is 7. The number of benzene rings is 2. The Morgan fingerprint density at radius 1 is 1.00 bits per heavy atom. The van der Waals surface area contributed by atoms with Gasteiger partial charge in [-0.2, -0.15) is 4.98 Å². The number of likely N-dealkylation sites (tertiary alicyclic amines) is 1. The first kappa shape index (κ1) is 34.7. The van der Waals surface area contributed by atoms with Gasteiger partial charge in [-0.05, 0) is 72.1 Å². The van der Waals surface area contributed by atoms with E-state index < -0.39 is 10.0 Å². The molecule has 3 N–H and O–H groups in total. The third-order valence-electron chi connectivity index (χ3n) is 9.01. The number of amides is 1. The van der Waals surface area contributed by atoms with Crippen molar-refractivity contribution in [2.45, 2.75) is 32.2 Å². The fourth-order valence-corrected chi connectivity index (χ4v) is 7.23. The molecule has 0 saturated carbocycles. The monoisotopic (exact) mass is 752 g/mol. The summed E-state index contributed by atoms with van der Waals surface area (Å²) < 4.78 is 33.4. The molecule has 4 heterocycles. The second-order valence-electron chi connectivity index (χ2n) is 12.4. The third kappa shape index (κ3) is 8.03. The van der Waals surface area contributed by atoms with Gasteiger partial charge in [0.2, 0.25) is 16.0 Å². The van der Waals surface area contributed by atoms with Crippen LogP contribution in [0.5, 0.6) is 5.75 Å². The predicted octanol–water partition coefficient (Wildman–Crippen LogP) is 4.46. The number of fused-ring (bicyclic) bond motifs is 1. The third-order valence-corrected chi connectivity index (χ3v) is 10.2. The van der Waals surface area contributed by atoms with Gasteiger partial charge in [0.05, 0.1) is 40.4 Å². The highest BCUT2D eigenvalue weighted by molar-refractivity contribution is 9.10. The first-order valence-electron chi connectivity index (χ1n) is 16.2. The molecule has 2 saturated heterocycles. The van der Waals surface area contributed by atoms with Crippen molar-refractivity contribution in [2.75, 3.05) is 75.0 Å². The molecule has 2 aromatic carbocycles. The van der Waals surface area contributed by atoms with E-state index in [-0.39, 0.29) is 17.5 Å². The van der Waals surface area contributed by atoms with Crippen molar-refractivity contribution in [1.29, 1.82) is 0 Å². The van der Waals surface area contributed by atoms with Gasteiger partial charge in [0.1, 0.15) is 17.1 Å². The topological polar surface area (TPSA) is 158 Å². The molecule has 49 heavy (non-hydrogen) atoms. The van der Waals surface area contributed by atoms with Gasteiger partial charge >= 0.3 is 0 Å². The van der Waals surface area contributed by atoms with E-state index in [2.05, 4.69) is 68.1 Å².